The van der Waals surface area contributed by atoms with Crippen LogP contribution in [0.1, 0.15) is 38.2 Å². The molecule has 0 aliphatic heterocycles. The van der Waals surface area contributed by atoms with Crippen LogP contribution in [0.2, 0.25) is 0 Å². The van der Waals surface area contributed by atoms with Crippen molar-refractivity contribution >= 4 is 5.69 Å². The summed E-state index contributed by atoms with van der Waals surface area (Å²) in [5, 5.41) is 10.5. The van der Waals surface area contributed by atoms with Crippen molar-refractivity contribution < 1.29 is 4.92 Å². The van der Waals surface area contributed by atoms with Gasteiger partial charge in [0.05, 0.1) is 4.92 Å². The number of nitrogens with zero attached hydrogens (tertiary/aromatic N) is 1. The van der Waals surface area contributed by atoms with Crippen LogP contribution in [0.5, 0.6) is 0 Å². The molecule has 3 nitrogen and oxygen atoms in total. The average Bonchev–Trinajstić information content (AvgIpc) is 2.29. The monoisotopic (exact) mass is 219 g/mol. The Bertz CT molecular complexity index is 368. The van der Waals surface area contributed by atoms with Gasteiger partial charge in [0.15, 0.2) is 0 Å². The van der Waals surface area contributed by atoms with Gasteiger partial charge in [-0.3, -0.25) is 10.1 Å². The number of allylic oxidation sites excluding steroid dienone is 2. The van der Waals surface area contributed by atoms with Crippen molar-refractivity contribution in [1.82, 2.24) is 0 Å². The molecule has 1 aromatic carbocycles. The Balaban J connectivity index is 2.66. The van der Waals surface area contributed by atoms with Gasteiger partial charge in [-0.15, -0.1) is 0 Å². The van der Waals surface area contributed by atoms with Gasteiger partial charge in [-0.1, -0.05) is 38.1 Å². The highest BCUT2D eigenvalue weighted by molar-refractivity contribution is 5.34. The molecule has 0 aliphatic rings. The van der Waals surface area contributed by atoms with Crippen LogP contribution in [0, 0.1) is 10.1 Å². The van der Waals surface area contributed by atoms with Gasteiger partial charge in [-0.2, -0.15) is 0 Å². The van der Waals surface area contributed by atoms with Crippen LogP contribution in [-0.4, -0.2) is 4.92 Å². The Morgan fingerprint density at radius 3 is 2.44 bits per heavy atom. The zero-order valence-electron chi connectivity index (χ0n) is 9.72. The predicted octanol–water partition coefficient (Wildman–Crippen LogP) is 4.05. The van der Waals surface area contributed by atoms with Gasteiger partial charge >= 0.3 is 0 Å². The summed E-state index contributed by atoms with van der Waals surface area (Å²) in [6.45, 7) is 4.23. The number of non-ortho nitro benzene ring substituents is 1. The van der Waals surface area contributed by atoms with E-state index in [4.69, 9.17) is 0 Å². The maximum absolute atomic E-state index is 10.5. The van der Waals surface area contributed by atoms with E-state index in [0.717, 1.165) is 18.4 Å². The molecule has 1 unspecified atom stereocenters. The van der Waals surface area contributed by atoms with E-state index in [1.807, 2.05) is 12.1 Å². The standard InChI is InChI=1S/C13H17NO2/c1-3-4-5-6-11(2)12-7-9-13(10-8-12)14(15)16/h4-5,7-11H,3,6H2,1-2H3. The number of nitro groups is 1. The Hall–Kier alpha value is -1.64. The zero-order valence-corrected chi connectivity index (χ0v) is 9.72. The van der Waals surface area contributed by atoms with Crippen molar-refractivity contribution in [2.75, 3.05) is 0 Å². The molecule has 0 radical (unpaired) electrons. The first-order chi connectivity index (χ1) is 7.65. The third kappa shape index (κ3) is 3.50. The van der Waals surface area contributed by atoms with Crippen LogP contribution < -0.4 is 0 Å². The molecule has 0 amide bonds. The quantitative estimate of drug-likeness (QED) is 0.426. The summed E-state index contributed by atoms with van der Waals surface area (Å²) in [5.41, 5.74) is 1.30. The summed E-state index contributed by atoms with van der Waals surface area (Å²) in [4.78, 5) is 10.1. The molecule has 0 fully saturated rings. The molecule has 1 rings (SSSR count). The molecule has 0 heterocycles. The zero-order chi connectivity index (χ0) is 12.0. The Labute approximate surface area is 95.9 Å². The third-order valence-electron chi connectivity index (χ3n) is 2.56. The molecular weight excluding hydrogens is 202 g/mol. The first-order valence-corrected chi connectivity index (χ1v) is 5.54. The van der Waals surface area contributed by atoms with Crippen molar-refractivity contribution in [3.05, 3.63) is 52.1 Å². The van der Waals surface area contributed by atoms with Gasteiger partial charge in [-0.25, -0.2) is 0 Å². The van der Waals surface area contributed by atoms with Crippen LogP contribution in [0.3, 0.4) is 0 Å². The van der Waals surface area contributed by atoms with Gasteiger partial charge in [0.2, 0.25) is 0 Å². The highest BCUT2D eigenvalue weighted by Crippen LogP contribution is 2.22. The number of hydrogen-bond acceptors (Lipinski definition) is 2. The lowest BCUT2D eigenvalue weighted by Crippen LogP contribution is -1.93. The van der Waals surface area contributed by atoms with Crippen LogP contribution in [0.25, 0.3) is 0 Å². The molecule has 0 aliphatic carbocycles. The van der Waals surface area contributed by atoms with Crippen molar-refractivity contribution in [1.29, 1.82) is 0 Å². The van der Waals surface area contributed by atoms with E-state index in [0.29, 0.717) is 5.92 Å². The smallest absolute Gasteiger partial charge is 0.258 e. The average molecular weight is 219 g/mol. The fourth-order valence-corrected chi connectivity index (χ4v) is 1.53. The molecule has 0 saturated carbocycles. The van der Waals surface area contributed by atoms with Crippen molar-refractivity contribution in [3.8, 4) is 0 Å². The Kier molecular flexibility index (Phi) is 4.70. The van der Waals surface area contributed by atoms with Crippen LogP contribution in [0.15, 0.2) is 36.4 Å². The lowest BCUT2D eigenvalue weighted by atomic mass is 9.97. The normalized spacial score (nSPS) is 12.9. The van der Waals surface area contributed by atoms with Gasteiger partial charge in [0.1, 0.15) is 0 Å². The number of rotatable bonds is 5. The van der Waals surface area contributed by atoms with E-state index in [-0.39, 0.29) is 10.6 Å². The first kappa shape index (κ1) is 12.4. The molecule has 86 valence electrons. The Morgan fingerprint density at radius 1 is 1.31 bits per heavy atom. The summed E-state index contributed by atoms with van der Waals surface area (Å²) in [5.74, 6) is 0.406. The van der Waals surface area contributed by atoms with Crippen LogP contribution >= 0.6 is 0 Å². The molecule has 3 heteroatoms. The lowest BCUT2D eigenvalue weighted by Gasteiger charge is -2.08. The molecule has 16 heavy (non-hydrogen) atoms. The van der Waals surface area contributed by atoms with Gasteiger partial charge in [-0.05, 0) is 24.3 Å². The molecule has 0 aromatic heterocycles. The van der Waals surface area contributed by atoms with E-state index < -0.39 is 0 Å². The lowest BCUT2D eigenvalue weighted by molar-refractivity contribution is -0.384. The van der Waals surface area contributed by atoms with Crippen molar-refractivity contribution in [2.45, 2.75) is 32.6 Å². The van der Waals surface area contributed by atoms with E-state index in [1.165, 1.54) is 0 Å². The van der Waals surface area contributed by atoms with E-state index in [9.17, 15) is 10.1 Å². The van der Waals surface area contributed by atoms with Crippen LogP contribution in [0.4, 0.5) is 5.69 Å². The molecule has 0 N–H and O–H groups in total. The molecule has 0 saturated heterocycles. The van der Waals surface area contributed by atoms with Crippen molar-refractivity contribution in [2.24, 2.45) is 0 Å². The van der Waals surface area contributed by atoms with Crippen LogP contribution in [-0.2, 0) is 0 Å². The largest absolute Gasteiger partial charge is 0.269 e. The minimum absolute atomic E-state index is 0.153. The highest BCUT2D eigenvalue weighted by Gasteiger charge is 2.07. The maximum Gasteiger partial charge on any atom is 0.269 e. The summed E-state index contributed by atoms with van der Waals surface area (Å²) >= 11 is 0. The minimum atomic E-state index is -0.370. The summed E-state index contributed by atoms with van der Waals surface area (Å²) in [7, 11) is 0. The SMILES string of the molecule is CCC=CCC(C)c1ccc([N+](=O)[O-])cc1. The van der Waals surface area contributed by atoms with Crippen molar-refractivity contribution in [3.63, 3.8) is 0 Å². The van der Waals surface area contributed by atoms with Gasteiger partial charge < -0.3 is 0 Å². The third-order valence-corrected chi connectivity index (χ3v) is 2.56. The second kappa shape index (κ2) is 6.05. The van der Waals surface area contributed by atoms with Gasteiger partial charge in [0, 0.05) is 12.1 Å². The summed E-state index contributed by atoms with van der Waals surface area (Å²) in [6, 6.07) is 6.80. The first-order valence-electron chi connectivity index (χ1n) is 5.54. The Morgan fingerprint density at radius 2 is 1.94 bits per heavy atom. The van der Waals surface area contributed by atoms with E-state index in [2.05, 4.69) is 26.0 Å². The molecule has 0 spiro atoms. The number of hydrogen-bond donors (Lipinski definition) is 0. The van der Waals surface area contributed by atoms with Gasteiger partial charge in [0.25, 0.3) is 5.69 Å². The minimum Gasteiger partial charge on any atom is -0.258 e. The highest BCUT2D eigenvalue weighted by atomic mass is 16.6. The number of nitro benzene ring substituents is 1. The second-order valence-corrected chi connectivity index (χ2v) is 3.87. The molecule has 0 bridgehead atoms. The fraction of sp³-hybridized carbons (Fsp3) is 0.385. The van der Waals surface area contributed by atoms with E-state index in [1.54, 1.807) is 12.1 Å². The summed E-state index contributed by atoms with van der Waals surface area (Å²) < 4.78 is 0. The van der Waals surface area contributed by atoms with E-state index >= 15 is 0 Å². The predicted molar refractivity (Wildman–Crippen MR) is 65.6 cm³/mol. The summed E-state index contributed by atoms with van der Waals surface area (Å²) in [6.07, 6.45) is 6.33. The molecule has 1 atom stereocenters. The second-order valence-electron chi connectivity index (χ2n) is 3.87. The maximum atomic E-state index is 10.5. The fourth-order valence-electron chi connectivity index (χ4n) is 1.53. The number of benzene rings is 1. The topological polar surface area (TPSA) is 43.1 Å². The molecular formula is C13H17NO2. The molecule has 1 aromatic rings.